The minimum absolute atomic E-state index is 0.174. The maximum Gasteiger partial charge on any atom is 0.232 e. The van der Waals surface area contributed by atoms with Gasteiger partial charge < -0.3 is 4.72 Å². The molecule has 2 N–H and O–H groups in total. The van der Waals surface area contributed by atoms with Crippen LogP contribution in [0.15, 0.2) is 65.7 Å². The van der Waals surface area contributed by atoms with E-state index < -0.39 is 11.2 Å². The van der Waals surface area contributed by atoms with Crippen molar-refractivity contribution in [3.05, 3.63) is 76.7 Å². The number of hydrogen-bond donors (Lipinski definition) is 2. The molecule has 0 aliphatic heterocycles. The Bertz CT molecular complexity index is 1390. The van der Waals surface area contributed by atoms with Crippen LogP contribution in [0.3, 0.4) is 0 Å². The summed E-state index contributed by atoms with van der Waals surface area (Å²) in [7, 11) is 0. The van der Waals surface area contributed by atoms with E-state index in [0.29, 0.717) is 37.3 Å². The van der Waals surface area contributed by atoms with Crippen molar-refractivity contribution in [3.63, 3.8) is 0 Å². The fourth-order valence-electron chi connectivity index (χ4n) is 3.05. The number of aromatic nitrogens is 2. The molecule has 0 unspecified atom stereocenters. The fraction of sp³-hybridized carbons (Fsp3) is 0.160. The molecule has 0 fully saturated rings. The third kappa shape index (κ3) is 5.43. The number of benzene rings is 3. The molecule has 0 spiro atoms. The normalized spacial score (nSPS) is 11.5. The number of carbonyl (C=O) groups is 1. The smallest absolute Gasteiger partial charge is 0.232 e. The minimum Gasteiger partial charge on any atom is -0.323 e. The maximum atomic E-state index is 15.3. The average Bonchev–Trinajstić information content (AvgIpc) is 2.79. The molecule has 0 radical (unpaired) electrons. The zero-order chi connectivity index (χ0) is 24.5. The lowest BCUT2D eigenvalue weighted by atomic mass is 9.96. The van der Waals surface area contributed by atoms with Crippen molar-refractivity contribution in [2.45, 2.75) is 25.7 Å². The van der Waals surface area contributed by atoms with Crippen molar-refractivity contribution in [1.82, 2.24) is 9.97 Å². The van der Waals surface area contributed by atoms with Crippen LogP contribution >= 0.6 is 35.1 Å². The second kappa shape index (κ2) is 9.78. The molecule has 9 heteroatoms. The van der Waals surface area contributed by atoms with E-state index in [2.05, 4.69) is 20.0 Å². The lowest BCUT2D eigenvalue weighted by Gasteiger charge is -2.16. The molecule has 34 heavy (non-hydrogen) atoms. The van der Waals surface area contributed by atoms with E-state index in [-0.39, 0.29) is 11.9 Å². The van der Waals surface area contributed by atoms with Crippen LogP contribution in [0, 0.1) is 11.2 Å². The van der Waals surface area contributed by atoms with Crippen LogP contribution in [0.5, 0.6) is 0 Å². The molecule has 1 aromatic heterocycles. The Morgan fingerprint density at radius 2 is 1.85 bits per heavy atom. The molecule has 1 heterocycles. The SMILES string of the molecule is CC(C)(C)C(=O)Nc1ncc2cc(-c3cccc(NSc4cc(Cl)ccc4Cl)c3F)ccc2n1. The summed E-state index contributed by atoms with van der Waals surface area (Å²) in [5.41, 5.74) is 1.50. The molecule has 4 aromatic rings. The first-order valence-electron chi connectivity index (χ1n) is 10.4. The van der Waals surface area contributed by atoms with Gasteiger partial charge >= 0.3 is 0 Å². The maximum absolute atomic E-state index is 15.3. The standard InChI is InChI=1S/C25H21Cl2FN4OS/c1-25(2,3)23(33)31-24-29-13-15-11-14(7-10-19(15)30-24)17-5-4-6-20(22(17)28)32-34-21-12-16(26)8-9-18(21)27/h4-13,32H,1-3H3,(H,29,30,31,33). The molecule has 174 valence electrons. The summed E-state index contributed by atoms with van der Waals surface area (Å²) in [5.74, 6) is -0.344. The molecule has 4 rings (SSSR count). The zero-order valence-electron chi connectivity index (χ0n) is 18.6. The summed E-state index contributed by atoms with van der Waals surface area (Å²) in [6.07, 6.45) is 1.61. The van der Waals surface area contributed by atoms with Crippen LogP contribution < -0.4 is 10.0 Å². The van der Waals surface area contributed by atoms with Crippen molar-refractivity contribution >= 4 is 63.6 Å². The van der Waals surface area contributed by atoms with Gasteiger partial charge in [-0.15, -0.1) is 0 Å². The lowest BCUT2D eigenvalue weighted by molar-refractivity contribution is -0.123. The van der Waals surface area contributed by atoms with E-state index in [4.69, 9.17) is 23.2 Å². The molecule has 3 aromatic carbocycles. The summed E-state index contributed by atoms with van der Waals surface area (Å²) in [4.78, 5) is 21.5. The Labute approximate surface area is 211 Å². The number of amides is 1. The summed E-state index contributed by atoms with van der Waals surface area (Å²) < 4.78 is 18.4. The van der Waals surface area contributed by atoms with E-state index in [0.717, 1.165) is 5.39 Å². The number of fused-ring (bicyclic) bond motifs is 1. The predicted molar refractivity (Wildman–Crippen MR) is 139 cm³/mol. The number of nitrogens with zero attached hydrogens (tertiary/aromatic N) is 2. The largest absolute Gasteiger partial charge is 0.323 e. The number of carbonyl (C=O) groups excluding carboxylic acids is 1. The van der Waals surface area contributed by atoms with Crippen LogP contribution in [0.25, 0.3) is 22.0 Å². The molecule has 0 bridgehead atoms. The summed E-state index contributed by atoms with van der Waals surface area (Å²) in [6.45, 7) is 5.44. The van der Waals surface area contributed by atoms with E-state index in [9.17, 15) is 4.79 Å². The van der Waals surface area contributed by atoms with Gasteiger partial charge in [-0.25, -0.2) is 14.4 Å². The summed E-state index contributed by atoms with van der Waals surface area (Å²) >= 11 is 13.4. The highest BCUT2D eigenvalue weighted by molar-refractivity contribution is 8.00. The van der Waals surface area contributed by atoms with Gasteiger partial charge in [0.05, 0.1) is 16.2 Å². The van der Waals surface area contributed by atoms with Crippen LogP contribution in [0.1, 0.15) is 20.8 Å². The molecular weight excluding hydrogens is 494 g/mol. The first-order valence-corrected chi connectivity index (χ1v) is 11.9. The van der Waals surface area contributed by atoms with Gasteiger partial charge in [0.2, 0.25) is 11.9 Å². The molecule has 0 aliphatic rings. The lowest BCUT2D eigenvalue weighted by Crippen LogP contribution is -2.28. The highest BCUT2D eigenvalue weighted by Gasteiger charge is 2.22. The van der Waals surface area contributed by atoms with Crippen LogP contribution in [0.2, 0.25) is 10.0 Å². The topological polar surface area (TPSA) is 66.9 Å². The van der Waals surface area contributed by atoms with Gasteiger partial charge in [-0.05, 0) is 53.9 Å². The Balaban J connectivity index is 1.58. The van der Waals surface area contributed by atoms with Gasteiger partial charge in [0.25, 0.3) is 0 Å². The van der Waals surface area contributed by atoms with Gasteiger partial charge in [-0.2, -0.15) is 0 Å². The number of rotatable bonds is 5. The molecule has 0 aliphatic carbocycles. The van der Waals surface area contributed by atoms with Crippen molar-refractivity contribution in [3.8, 4) is 11.1 Å². The Hall–Kier alpha value is -2.87. The van der Waals surface area contributed by atoms with Crippen LogP contribution in [0.4, 0.5) is 16.0 Å². The highest BCUT2D eigenvalue weighted by atomic mass is 35.5. The molecular formula is C25H21Cl2FN4OS. The highest BCUT2D eigenvalue weighted by Crippen LogP contribution is 2.34. The first-order chi connectivity index (χ1) is 16.1. The number of halogens is 3. The summed E-state index contributed by atoms with van der Waals surface area (Å²) in [5, 5.41) is 4.51. The van der Waals surface area contributed by atoms with Crippen LogP contribution in [-0.4, -0.2) is 15.9 Å². The predicted octanol–water partition coefficient (Wildman–Crippen LogP) is 7.85. The molecule has 0 saturated carbocycles. The van der Waals surface area contributed by atoms with Crippen molar-refractivity contribution < 1.29 is 9.18 Å². The number of anilines is 2. The zero-order valence-corrected chi connectivity index (χ0v) is 20.9. The van der Waals surface area contributed by atoms with Gasteiger partial charge in [-0.1, -0.05) is 62.2 Å². The van der Waals surface area contributed by atoms with E-state index >= 15 is 4.39 Å². The summed E-state index contributed by atoms with van der Waals surface area (Å²) in [6, 6.07) is 15.6. The van der Waals surface area contributed by atoms with E-state index in [1.54, 1.807) is 54.7 Å². The molecule has 0 saturated heterocycles. The minimum atomic E-state index is -0.560. The molecule has 0 atom stereocenters. The van der Waals surface area contributed by atoms with Gasteiger partial charge in [0.15, 0.2) is 5.82 Å². The van der Waals surface area contributed by atoms with Gasteiger partial charge in [-0.3, -0.25) is 10.1 Å². The van der Waals surface area contributed by atoms with E-state index in [1.165, 1.54) is 11.9 Å². The third-order valence-electron chi connectivity index (χ3n) is 4.96. The van der Waals surface area contributed by atoms with Crippen LogP contribution in [-0.2, 0) is 4.79 Å². The Kier molecular flexibility index (Phi) is 6.98. The van der Waals surface area contributed by atoms with Crippen molar-refractivity contribution in [2.24, 2.45) is 5.41 Å². The Morgan fingerprint density at radius 1 is 1.06 bits per heavy atom. The number of nitrogens with one attached hydrogen (secondary N) is 2. The average molecular weight is 515 g/mol. The van der Waals surface area contributed by atoms with Gasteiger partial charge in [0, 0.05) is 32.5 Å². The fourth-order valence-corrected chi connectivity index (χ4v) is 4.25. The van der Waals surface area contributed by atoms with Gasteiger partial charge in [0.1, 0.15) is 0 Å². The quantitative estimate of drug-likeness (QED) is 0.265. The molecule has 5 nitrogen and oxygen atoms in total. The monoisotopic (exact) mass is 514 g/mol. The second-order valence-corrected chi connectivity index (χ2v) is 10.3. The second-order valence-electron chi connectivity index (χ2n) is 8.62. The van der Waals surface area contributed by atoms with Crippen molar-refractivity contribution in [1.29, 1.82) is 0 Å². The first kappa shape index (κ1) is 24.3. The Morgan fingerprint density at radius 3 is 2.62 bits per heavy atom. The third-order valence-corrected chi connectivity index (χ3v) is 6.52. The number of hydrogen-bond acceptors (Lipinski definition) is 5. The van der Waals surface area contributed by atoms with E-state index in [1.807, 2.05) is 26.8 Å². The van der Waals surface area contributed by atoms with Crippen molar-refractivity contribution in [2.75, 3.05) is 10.0 Å². The molecule has 1 amide bonds.